The lowest BCUT2D eigenvalue weighted by Gasteiger charge is -1.99. The molecule has 0 aliphatic heterocycles. The summed E-state index contributed by atoms with van der Waals surface area (Å²) in [5, 5.41) is 7.99. The minimum Gasteiger partial charge on any atom is -0.330 e. The van der Waals surface area contributed by atoms with Crippen molar-refractivity contribution in [1.29, 1.82) is 0 Å². The molecule has 0 atom stereocenters. The summed E-state index contributed by atoms with van der Waals surface area (Å²) in [6.45, 7) is 2.33. The van der Waals surface area contributed by atoms with Gasteiger partial charge in [0.2, 0.25) is 0 Å². The number of hydrogen-bond acceptors (Lipinski definition) is 3. The molecule has 2 aromatic rings. The monoisotopic (exact) mass is 203 g/mol. The third-order valence-electron chi connectivity index (χ3n) is 2.44. The Balaban J connectivity index is 2.45. The molecule has 0 aliphatic rings. The van der Waals surface area contributed by atoms with Gasteiger partial charge in [-0.15, -0.1) is 0 Å². The molecule has 15 heavy (non-hydrogen) atoms. The van der Waals surface area contributed by atoms with E-state index in [-0.39, 0.29) is 5.78 Å². The molecule has 2 rings (SSSR count). The summed E-state index contributed by atoms with van der Waals surface area (Å²) in [6, 6.07) is 5.51. The van der Waals surface area contributed by atoms with Gasteiger partial charge in [0.15, 0.2) is 5.78 Å². The number of benzene rings is 1. The van der Waals surface area contributed by atoms with Gasteiger partial charge in [-0.05, 0) is 31.7 Å². The highest BCUT2D eigenvalue weighted by atomic mass is 16.1. The number of rotatable bonds is 3. The van der Waals surface area contributed by atoms with Crippen molar-refractivity contribution in [1.82, 2.24) is 10.2 Å². The summed E-state index contributed by atoms with van der Waals surface area (Å²) >= 11 is 0. The summed E-state index contributed by atoms with van der Waals surface area (Å²) in [7, 11) is 0. The van der Waals surface area contributed by atoms with Crippen LogP contribution in [-0.2, 0) is 0 Å². The number of carbonyl (C=O) groups is 1. The fourth-order valence-electron chi connectivity index (χ4n) is 1.59. The molecule has 0 fully saturated rings. The lowest BCUT2D eigenvalue weighted by Crippen LogP contribution is -2.07. The number of fused-ring (bicyclic) bond motifs is 1. The van der Waals surface area contributed by atoms with E-state index in [9.17, 15) is 4.79 Å². The van der Waals surface area contributed by atoms with Gasteiger partial charge >= 0.3 is 0 Å². The molecule has 1 aromatic heterocycles. The summed E-state index contributed by atoms with van der Waals surface area (Å²) < 4.78 is 0. The van der Waals surface area contributed by atoms with Crippen LogP contribution in [0.25, 0.3) is 10.9 Å². The van der Waals surface area contributed by atoms with Crippen molar-refractivity contribution in [2.24, 2.45) is 5.73 Å². The van der Waals surface area contributed by atoms with Crippen LogP contribution in [0.4, 0.5) is 0 Å². The van der Waals surface area contributed by atoms with E-state index >= 15 is 0 Å². The van der Waals surface area contributed by atoms with Crippen LogP contribution in [0.3, 0.4) is 0 Å². The van der Waals surface area contributed by atoms with Gasteiger partial charge in [-0.25, -0.2) is 0 Å². The van der Waals surface area contributed by atoms with Crippen molar-refractivity contribution in [3.8, 4) is 0 Å². The van der Waals surface area contributed by atoms with Gasteiger partial charge in [0, 0.05) is 23.1 Å². The van der Waals surface area contributed by atoms with E-state index in [4.69, 9.17) is 5.73 Å². The summed E-state index contributed by atoms with van der Waals surface area (Å²) in [5.74, 6) is 0.0833. The van der Waals surface area contributed by atoms with Gasteiger partial charge in [-0.1, -0.05) is 0 Å². The van der Waals surface area contributed by atoms with Crippen LogP contribution in [-0.4, -0.2) is 22.5 Å². The van der Waals surface area contributed by atoms with Gasteiger partial charge in [0.1, 0.15) is 0 Å². The zero-order valence-corrected chi connectivity index (χ0v) is 8.58. The Hall–Kier alpha value is -1.68. The Morgan fingerprint density at radius 1 is 1.53 bits per heavy atom. The maximum Gasteiger partial charge on any atom is 0.164 e. The number of nitrogens with one attached hydrogen (secondary N) is 1. The summed E-state index contributed by atoms with van der Waals surface area (Å²) in [4.78, 5) is 11.6. The first-order valence-corrected chi connectivity index (χ1v) is 4.90. The predicted molar refractivity (Wildman–Crippen MR) is 58.8 cm³/mol. The minimum absolute atomic E-state index is 0.0833. The number of H-pyrrole nitrogens is 1. The number of carbonyl (C=O) groups excluding carboxylic acids is 1. The van der Waals surface area contributed by atoms with Crippen LogP contribution in [0, 0.1) is 6.92 Å². The van der Waals surface area contributed by atoms with E-state index < -0.39 is 0 Å². The standard InChI is InChI=1S/C11H13N3O/c1-7-9-6-8(11(15)4-5-12)2-3-10(9)14-13-7/h2-3,6H,4-5,12H2,1H3,(H,13,14). The van der Waals surface area contributed by atoms with Crippen molar-refractivity contribution < 1.29 is 4.79 Å². The molecule has 4 heteroatoms. The lowest BCUT2D eigenvalue weighted by atomic mass is 10.1. The Morgan fingerprint density at radius 3 is 3.07 bits per heavy atom. The zero-order chi connectivity index (χ0) is 10.8. The number of nitrogens with two attached hydrogens (primary N) is 1. The molecule has 1 heterocycles. The Kier molecular flexibility index (Phi) is 2.51. The second kappa shape index (κ2) is 3.82. The van der Waals surface area contributed by atoms with E-state index in [1.165, 1.54) is 0 Å². The fraction of sp³-hybridized carbons (Fsp3) is 0.273. The number of hydrogen-bond donors (Lipinski definition) is 2. The third-order valence-corrected chi connectivity index (χ3v) is 2.44. The van der Waals surface area contributed by atoms with Crippen molar-refractivity contribution in [3.05, 3.63) is 29.5 Å². The van der Waals surface area contributed by atoms with E-state index in [0.29, 0.717) is 18.5 Å². The first-order valence-electron chi connectivity index (χ1n) is 4.90. The second-order valence-electron chi connectivity index (χ2n) is 3.54. The van der Waals surface area contributed by atoms with Crippen molar-refractivity contribution in [2.45, 2.75) is 13.3 Å². The average Bonchev–Trinajstić information content (AvgIpc) is 2.60. The Bertz CT molecular complexity index is 502. The largest absolute Gasteiger partial charge is 0.330 e. The quantitative estimate of drug-likeness (QED) is 0.741. The molecule has 0 saturated heterocycles. The van der Waals surface area contributed by atoms with Crippen molar-refractivity contribution >= 4 is 16.7 Å². The average molecular weight is 203 g/mol. The minimum atomic E-state index is 0.0833. The van der Waals surface area contributed by atoms with Gasteiger partial charge in [0.25, 0.3) is 0 Å². The van der Waals surface area contributed by atoms with Gasteiger partial charge in [0.05, 0.1) is 5.52 Å². The number of Topliss-reactive ketones (excluding diaryl/α,β-unsaturated/α-hetero) is 1. The summed E-state index contributed by atoms with van der Waals surface area (Å²) in [6.07, 6.45) is 0.391. The fourth-order valence-corrected chi connectivity index (χ4v) is 1.59. The molecule has 0 radical (unpaired) electrons. The van der Waals surface area contributed by atoms with E-state index in [0.717, 1.165) is 16.6 Å². The number of nitrogens with zero attached hydrogens (tertiary/aromatic N) is 1. The molecule has 1 aromatic carbocycles. The molecule has 0 unspecified atom stereocenters. The number of aromatic amines is 1. The second-order valence-corrected chi connectivity index (χ2v) is 3.54. The molecule has 0 bridgehead atoms. The smallest absolute Gasteiger partial charge is 0.164 e. The SMILES string of the molecule is Cc1[nH]nc2ccc(C(=O)CCN)cc12. The van der Waals surface area contributed by atoms with Crippen LogP contribution in [0.5, 0.6) is 0 Å². The molecule has 0 spiro atoms. The molecule has 3 N–H and O–H groups in total. The molecule has 4 nitrogen and oxygen atoms in total. The maximum absolute atomic E-state index is 11.6. The molecule has 0 saturated carbocycles. The van der Waals surface area contributed by atoms with E-state index in [1.54, 1.807) is 6.07 Å². The van der Waals surface area contributed by atoms with Crippen LogP contribution in [0.15, 0.2) is 18.2 Å². The maximum atomic E-state index is 11.6. The zero-order valence-electron chi connectivity index (χ0n) is 8.58. The van der Waals surface area contributed by atoms with Gasteiger partial charge in [-0.3, -0.25) is 9.89 Å². The van der Waals surface area contributed by atoms with E-state index in [2.05, 4.69) is 10.2 Å². The highest BCUT2D eigenvalue weighted by Crippen LogP contribution is 2.17. The number of aromatic nitrogens is 2. The summed E-state index contributed by atoms with van der Waals surface area (Å²) in [5.41, 5.74) is 7.92. The van der Waals surface area contributed by atoms with Crippen molar-refractivity contribution in [2.75, 3.05) is 6.54 Å². The number of aryl methyl sites for hydroxylation is 1. The molecular weight excluding hydrogens is 190 g/mol. The Labute approximate surface area is 87.5 Å². The first kappa shape index (κ1) is 9.86. The molecule has 78 valence electrons. The van der Waals surface area contributed by atoms with Crippen molar-refractivity contribution in [3.63, 3.8) is 0 Å². The van der Waals surface area contributed by atoms with E-state index in [1.807, 2.05) is 19.1 Å². The first-order chi connectivity index (χ1) is 7.22. The van der Waals surface area contributed by atoms with Gasteiger partial charge < -0.3 is 5.73 Å². The molecule has 0 aliphatic carbocycles. The Morgan fingerprint density at radius 2 is 2.33 bits per heavy atom. The molecule has 0 amide bonds. The normalized spacial score (nSPS) is 10.8. The predicted octanol–water partition coefficient (Wildman–Crippen LogP) is 1.40. The lowest BCUT2D eigenvalue weighted by molar-refractivity contribution is 0.0985. The van der Waals surface area contributed by atoms with Crippen LogP contribution >= 0.6 is 0 Å². The number of ketones is 1. The molecular formula is C11H13N3O. The third kappa shape index (κ3) is 1.76. The van der Waals surface area contributed by atoms with Crippen LogP contribution in [0.2, 0.25) is 0 Å². The van der Waals surface area contributed by atoms with Crippen LogP contribution < -0.4 is 5.73 Å². The van der Waals surface area contributed by atoms with Crippen LogP contribution in [0.1, 0.15) is 22.5 Å². The highest BCUT2D eigenvalue weighted by Gasteiger charge is 2.07. The highest BCUT2D eigenvalue weighted by molar-refractivity contribution is 5.99. The topological polar surface area (TPSA) is 71.8 Å². The van der Waals surface area contributed by atoms with Gasteiger partial charge in [-0.2, -0.15) is 5.10 Å².